The number of benzene rings is 1. The number of halogens is 3. The first-order valence-electron chi connectivity index (χ1n) is 4.12. The Morgan fingerprint density at radius 1 is 1.29 bits per heavy atom. The van der Waals surface area contributed by atoms with Crippen LogP contribution in [0.15, 0.2) is 18.3 Å². The average Bonchev–Trinajstić information content (AvgIpc) is 2.50. The first-order chi connectivity index (χ1) is 6.50. The molecule has 0 unspecified atom stereocenters. The molecule has 0 spiro atoms. The minimum absolute atomic E-state index is 0.240. The van der Waals surface area contributed by atoms with E-state index in [1.165, 1.54) is 19.2 Å². The highest BCUT2D eigenvalue weighted by Gasteiger charge is 2.27. The van der Waals surface area contributed by atoms with Gasteiger partial charge in [0, 0.05) is 5.39 Å². The van der Waals surface area contributed by atoms with Crippen molar-refractivity contribution in [3.63, 3.8) is 0 Å². The van der Waals surface area contributed by atoms with Gasteiger partial charge in [-0.05, 0) is 13.0 Å². The molecule has 14 heavy (non-hydrogen) atoms. The van der Waals surface area contributed by atoms with Crippen LogP contribution in [0.25, 0.3) is 10.9 Å². The first kappa shape index (κ1) is 9.11. The van der Waals surface area contributed by atoms with Crippen molar-refractivity contribution in [3.8, 4) is 0 Å². The lowest BCUT2D eigenvalue weighted by Crippen LogP contribution is -2.36. The number of hydrogen-bond acceptors (Lipinski definition) is 1. The second-order valence-electron chi connectivity index (χ2n) is 3.19. The van der Waals surface area contributed by atoms with Crippen LogP contribution in [-0.4, -0.2) is 17.2 Å². The Morgan fingerprint density at radius 2 is 2.00 bits per heavy atom. The van der Waals surface area contributed by atoms with Crippen molar-refractivity contribution in [3.05, 3.63) is 23.9 Å². The zero-order valence-electron chi connectivity index (χ0n) is 7.39. The number of aromatic amines is 1. The Labute approximate surface area is 78.2 Å². The summed E-state index contributed by atoms with van der Waals surface area (Å²) < 4.78 is 37.5. The van der Waals surface area contributed by atoms with Crippen molar-refractivity contribution in [2.24, 2.45) is 0 Å². The predicted octanol–water partition coefficient (Wildman–Crippen LogP) is 1.93. The Balaban J connectivity index is 2.74. The van der Waals surface area contributed by atoms with Gasteiger partial charge in [-0.25, -0.2) is 0 Å². The van der Waals surface area contributed by atoms with Crippen molar-refractivity contribution >= 4 is 23.3 Å². The second kappa shape index (κ2) is 2.77. The molecule has 74 valence electrons. The number of rotatable bonds is 1. The molecule has 6 heteroatoms. The molecule has 1 N–H and O–H groups in total. The first-order valence-corrected chi connectivity index (χ1v) is 4.12. The van der Waals surface area contributed by atoms with E-state index in [-0.39, 0.29) is 5.56 Å². The van der Waals surface area contributed by atoms with E-state index in [2.05, 4.69) is 10.2 Å². The van der Waals surface area contributed by atoms with Crippen LogP contribution in [0.2, 0.25) is 0 Å². The number of fused-ring (bicyclic) bond motifs is 1. The van der Waals surface area contributed by atoms with Crippen LogP contribution in [0.4, 0.5) is 12.9 Å². The molecule has 0 aliphatic heterocycles. The van der Waals surface area contributed by atoms with Gasteiger partial charge in [-0.3, -0.25) is 5.10 Å². The van der Waals surface area contributed by atoms with Crippen LogP contribution in [-0.2, 0) is 0 Å². The van der Waals surface area contributed by atoms with Crippen molar-refractivity contribution < 1.29 is 12.9 Å². The Bertz CT molecular complexity index is 475. The summed E-state index contributed by atoms with van der Waals surface area (Å²) in [5.41, 5.74) is 0.328. The summed E-state index contributed by atoms with van der Waals surface area (Å²) in [6, 6.07) is 2.50. The number of hydrogen-bond donors (Lipinski definition) is 1. The van der Waals surface area contributed by atoms with E-state index < -0.39 is 12.4 Å². The van der Waals surface area contributed by atoms with Crippen molar-refractivity contribution in [1.29, 1.82) is 0 Å². The van der Waals surface area contributed by atoms with E-state index >= 15 is 0 Å². The molecule has 2 rings (SSSR count). The Hall–Kier alpha value is -1.46. The lowest BCUT2D eigenvalue weighted by atomic mass is 9.76. The van der Waals surface area contributed by atoms with Gasteiger partial charge in [-0.15, -0.1) is 5.46 Å². The molecule has 1 aromatic heterocycles. The number of nitrogens with zero attached hydrogens (tertiary/aromatic N) is 1. The highest BCUT2D eigenvalue weighted by molar-refractivity contribution is 6.74. The van der Waals surface area contributed by atoms with Crippen LogP contribution in [0.5, 0.6) is 0 Å². The van der Waals surface area contributed by atoms with E-state index in [9.17, 15) is 12.9 Å². The molecule has 2 nitrogen and oxygen atoms in total. The summed E-state index contributed by atoms with van der Waals surface area (Å²) in [6.45, 7) is -3.47. The standard InChI is InChI=1S/C8H7BF3N2/c1-5-6-4-13-14-8(6)3-2-7(5)9(10,11)12/h2-4H,1H3,(H,13,14)/q-1. The monoisotopic (exact) mass is 199 g/mol. The molecule has 0 aliphatic carbocycles. The number of aryl methyl sites for hydroxylation is 1. The van der Waals surface area contributed by atoms with Gasteiger partial charge >= 0.3 is 6.98 Å². The summed E-state index contributed by atoms with van der Waals surface area (Å²) in [6.07, 6.45) is 1.41. The van der Waals surface area contributed by atoms with Gasteiger partial charge in [-0.2, -0.15) is 5.10 Å². The van der Waals surface area contributed by atoms with Gasteiger partial charge in [0.25, 0.3) is 0 Å². The Kier molecular flexibility index (Phi) is 1.80. The lowest BCUT2D eigenvalue weighted by Gasteiger charge is -2.17. The second-order valence-corrected chi connectivity index (χ2v) is 3.19. The lowest BCUT2D eigenvalue weighted by molar-refractivity contribution is 0.500. The molecule has 2 aromatic rings. The van der Waals surface area contributed by atoms with Crippen LogP contribution in [0, 0.1) is 6.92 Å². The Morgan fingerprint density at radius 3 is 2.64 bits per heavy atom. The van der Waals surface area contributed by atoms with Crippen LogP contribution in [0.3, 0.4) is 0 Å². The molecule has 0 radical (unpaired) electrons. The molecule has 0 aliphatic rings. The third kappa shape index (κ3) is 1.27. The van der Waals surface area contributed by atoms with Gasteiger partial charge in [-0.1, -0.05) is 11.6 Å². The summed E-state index contributed by atoms with van der Waals surface area (Å²) in [5, 5.41) is 6.86. The van der Waals surface area contributed by atoms with Crippen LogP contribution >= 0.6 is 0 Å². The van der Waals surface area contributed by atoms with Crippen LogP contribution < -0.4 is 5.46 Å². The maximum Gasteiger partial charge on any atom is 0.509 e. The summed E-state index contributed by atoms with van der Waals surface area (Å²) in [4.78, 5) is 0. The smallest absolute Gasteiger partial charge is 0.445 e. The predicted molar refractivity (Wildman–Crippen MR) is 49.5 cm³/mol. The highest BCUT2D eigenvalue weighted by atomic mass is 19.4. The summed E-state index contributed by atoms with van der Waals surface area (Å²) in [7, 11) is 0. The topological polar surface area (TPSA) is 28.7 Å². The molecule has 0 fully saturated rings. The molecule has 0 amide bonds. The summed E-state index contributed by atoms with van der Waals surface area (Å²) >= 11 is 0. The van der Waals surface area contributed by atoms with Gasteiger partial charge in [0.1, 0.15) is 0 Å². The number of nitrogens with one attached hydrogen (secondary N) is 1. The fraction of sp³-hybridized carbons (Fsp3) is 0.125. The molecule has 0 saturated heterocycles. The summed E-state index contributed by atoms with van der Waals surface area (Å²) in [5.74, 6) is 0. The van der Waals surface area contributed by atoms with Crippen molar-refractivity contribution in [2.75, 3.05) is 0 Å². The van der Waals surface area contributed by atoms with Crippen molar-refractivity contribution in [1.82, 2.24) is 10.2 Å². The number of aromatic nitrogens is 2. The maximum absolute atomic E-state index is 12.5. The average molecular weight is 199 g/mol. The molecular weight excluding hydrogens is 192 g/mol. The minimum Gasteiger partial charge on any atom is -0.445 e. The van der Waals surface area contributed by atoms with Gasteiger partial charge < -0.3 is 12.9 Å². The van der Waals surface area contributed by atoms with Gasteiger partial charge in [0.05, 0.1) is 11.7 Å². The third-order valence-electron chi connectivity index (χ3n) is 2.29. The highest BCUT2D eigenvalue weighted by Crippen LogP contribution is 2.18. The van der Waals surface area contributed by atoms with Crippen LogP contribution in [0.1, 0.15) is 5.56 Å². The van der Waals surface area contributed by atoms with E-state index in [0.29, 0.717) is 10.9 Å². The number of H-pyrrole nitrogens is 1. The zero-order chi connectivity index (χ0) is 10.3. The fourth-order valence-electron chi connectivity index (χ4n) is 1.53. The minimum atomic E-state index is -4.93. The maximum atomic E-state index is 12.5. The molecule has 1 heterocycles. The largest absolute Gasteiger partial charge is 0.509 e. The van der Waals surface area contributed by atoms with E-state index in [1.54, 1.807) is 0 Å². The molecule has 0 bridgehead atoms. The molecular formula is C8H7BF3N2-. The SMILES string of the molecule is Cc1c([B-](F)(F)F)ccc2[nH]ncc12. The normalized spacial score (nSPS) is 12.3. The molecule has 0 saturated carbocycles. The van der Waals surface area contributed by atoms with E-state index in [4.69, 9.17) is 0 Å². The molecule has 1 aromatic carbocycles. The van der Waals surface area contributed by atoms with Crippen molar-refractivity contribution in [2.45, 2.75) is 6.92 Å². The fourth-order valence-corrected chi connectivity index (χ4v) is 1.53. The quantitative estimate of drug-likeness (QED) is 0.698. The van der Waals surface area contributed by atoms with E-state index in [1.807, 2.05) is 0 Å². The third-order valence-corrected chi connectivity index (χ3v) is 2.29. The van der Waals surface area contributed by atoms with Gasteiger partial charge in [0.2, 0.25) is 0 Å². The zero-order valence-corrected chi connectivity index (χ0v) is 7.39. The molecule has 0 atom stereocenters. The van der Waals surface area contributed by atoms with E-state index in [0.717, 1.165) is 6.07 Å². The van der Waals surface area contributed by atoms with Gasteiger partial charge in [0.15, 0.2) is 0 Å².